The number of hydrogen-bond acceptors (Lipinski definition) is 6. The molecular weight excluding hydrogens is 430 g/mol. The molecular formula is C25H23N7O2. The number of nitrogens with zero attached hydrogens (tertiary/aromatic N) is 6. The van der Waals surface area contributed by atoms with Gasteiger partial charge in [0.2, 0.25) is 5.91 Å². The minimum atomic E-state index is -0.135. The molecule has 0 bridgehead atoms. The second-order valence-electron chi connectivity index (χ2n) is 7.78. The van der Waals surface area contributed by atoms with Crippen molar-refractivity contribution in [3.63, 3.8) is 0 Å². The van der Waals surface area contributed by atoms with Gasteiger partial charge in [-0.3, -0.25) is 4.79 Å². The number of aryl methyl sites for hydroxylation is 1. The zero-order valence-corrected chi connectivity index (χ0v) is 18.6. The van der Waals surface area contributed by atoms with Gasteiger partial charge in [-0.1, -0.05) is 48.5 Å². The molecule has 2 heterocycles. The lowest BCUT2D eigenvalue weighted by Gasteiger charge is -2.10. The summed E-state index contributed by atoms with van der Waals surface area (Å²) in [5.74, 6) is 1.92. The summed E-state index contributed by atoms with van der Waals surface area (Å²) in [4.78, 5) is 12.7. The van der Waals surface area contributed by atoms with Gasteiger partial charge in [0.05, 0.1) is 25.5 Å². The van der Waals surface area contributed by atoms with E-state index in [0.717, 1.165) is 27.8 Å². The molecule has 0 aliphatic rings. The molecule has 0 fully saturated rings. The molecule has 3 aromatic carbocycles. The number of amides is 1. The van der Waals surface area contributed by atoms with E-state index in [-0.39, 0.29) is 12.3 Å². The number of nitrogens with one attached hydrogen (secondary N) is 1. The Morgan fingerprint density at radius 3 is 2.68 bits per heavy atom. The number of carbonyl (C=O) groups excluding carboxylic acids is 1. The van der Waals surface area contributed by atoms with Gasteiger partial charge in [0, 0.05) is 24.3 Å². The SMILES string of the molecule is COc1ccc(Cn2nccc2NC(=O)CCc2nnnn2-c2cccc3ccccc23)cc1. The zero-order valence-electron chi connectivity index (χ0n) is 18.6. The van der Waals surface area contributed by atoms with Crippen molar-refractivity contribution in [3.05, 3.63) is 90.4 Å². The summed E-state index contributed by atoms with van der Waals surface area (Å²) in [5.41, 5.74) is 1.94. The Hall–Kier alpha value is -4.53. The number of carbonyl (C=O) groups is 1. The topological polar surface area (TPSA) is 99.8 Å². The molecule has 0 atom stereocenters. The van der Waals surface area contributed by atoms with Crippen LogP contribution in [0, 0.1) is 0 Å². The summed E-state index contributed by atoms with van der Waals surface area (Å²) in [6.07, 6.45) is 2.30. The normalized spacial score (nSPS) is 11.0. The monoisotopic (exact) mass is 453 g/mol. The highest BCUT2D eigenvalue weighted by molar-refractivity contribution is 5.91. The van der Waals surface area contributed by atoms with Crippen molar-refractivity contribution in [2.75, 3.05) is 12.4 Å². The molecule has 34 heavy (non-hydrogen) atoms. The molecule has 0 saturated heterocycles. The third-order valence-corrected chi connectivity index (χ3v) is 5.58. The number of anilines is 1. The van der Waals surface area contributed by atoms with Gasteiger partial charge in [-0.2, -0.15) is 9.78 Å². The van der Waals surface area contributed by atoms with Crippen LogP contribution in [0.25, 0.3) is 16.5 Å². The first-order chi connectivity index (χ1) is 16.7. The maximum atomic E-state index is 12.7. The van der Waals surface area contributed by atoms with Crippen LogP contribution in [-0.4, -0.2) is 43.0 Å². The number of benzene rings is 3. The van der Waals surface area contributed by atoms with Crippen LogP contribution < -0.4 is 10.1 Å². The number of aromatic nitrogens is 6. The highest BCUT2D eigenvalue weighted by Gasteiger charge is 2.14. The first kappa shape index (κ1) is 21.3. The van der Waals surface area contributed by atoms with Crippen molar-refractivity contribution in [3.8, 4) is 11.4 Å². The number of rotatable bonds is 8. The van der Waals surface area contributed by atoms with Gasteiger partial charge in [0.25, 0.3) is 0 Å². The fourth-order valence-corrected chi connectivity index (χ4v) is 3.84. The van der Waals surface area contributed by atoms with E-state index in [1.165, 1.54) is 0 Å². The number of fused-ring (bicyclic) bond motifs is 1. The molecule has 1 N–H and O–H groups in total. The molecule has 0 radical (unpaired) electrons. The highest BCUT2D eigenvalue weighted by atomic mass is 16.5. The van der Waals surface area contributed by atoms with Gasteiger partial charge in [-0.05, 0) is 39.6 Å². The van der Waals surface area contributed by atoms with E-state index in [4.69, 9.17) is 4.74 Å². The van der Waals surface area contributed by atoms with Crippen molar-refractivity contribution in [2.24, 2.45) is 0 Å². The van der Waals surface area contributed by atoms with Gasteiger partial charge in [0.15, 0.2) is 5.82 Å². The molecule has 0 saturated carbocycles. The number of ether oxygens (including phenoxy) is 1. The van der Waals surface area contributed by atoms with Gasteiger partial charge in [-0.15, -0.1) is 5.10 Å². The number of tetrazole rings is 1. The van der Waals surface area contributed by atoms with Gasteiger partial charge in [-0.25, -0.2) is 4.68 Å². The third-order valence-electron chi connectivity index (χ3n) is 5.58. The average Bonchev–Trinajstić information content (AvgIpc) is 3.52. The highest BCUT2D eigenvalue weighted by Crippen LogP contribution is 2.22. The lowest BCUT2D eigenvalue weighted by molar-refractivity contribution is -0.116. The molecule has 0 aliphatic carbocycles. The molecule has 1 amide bonds. The fourth-order valence-electron chi connectivity index (χ4n) is 3.84. The van der Waals surface area contributed by atoms with E-state index in [1.807, 2.05) is 66.7 Å². The molecule has 2 aromatic heterocycles. The fraction of sp³-hybridized carbons (Fsp3) is 0.160. The minimum Gasteiger partial charge on any atom is -0.497 e. The Kier molecular flexibility index (Phi) is 5.98. The Labute approximate surface area is 196 Å². The van der Waals surface area contributed by atoms with Crippen LogP contribution in [0.2, 0.25) is 0 Å². The Morgan fingerprint density at radius 1 is 1.00 bits per heavy atom. The first-order valence-corrected chi connectivity index (χ1v) is 10.9. The van der Waals surface area contributed by atoms with Crippen LogP contribution >= 0.6 is 0 Å². The average molecular weight is 454 g/mol. The van der Waals surface area contributed by atoms with Crippen LogP contribution in [0.1, 0.15) is 17.8 Å². The maximum absolute atomic E-state index is 12.7. The summed E-state index contributed by atoms with van der Waals surface area (Å²) < 4.78 is 8.65. The number of hydrogen-bond donors (Lipinski definition) is 1. The molecule has 5 aromatic rings. The Bertz CT molecular complexity index is 1420. The quantitative estimate of drug-likeness (QED) is 0.385. The van der Waals surface area contributed by atoms with Crippen LogP contribution in [0.4, 0.5) is 5.82 Å². The van der Waals surface area contributed by atoms with Gasteiger partial charge >= 0.3 is 0 Å². The van der Waals surface area contributed by atoms with Crippen molar-refractivity contribution in [1.82, 2.24) is 30.0 Å². The molecule has 0 unspecified atom stereocenters. The summed E-state index contributed by atoms with van der Waals surface area (Å²) in [6.45, 7) is 0.534. The lowest BCUT2D eigenvalue weighted by atomic mass is 10.1. The van der Waals surface area contributed by atoms with Crippen molar-refractivity contribution >= 4 is 22.5 Å². The molecule has 9 nitrogen and oxygen atoms in total. The molecule has 5 rings (SSSR count). The molecule has 0 aliphatic heterocycles. The van der Waals surface area contributed by atoms with Crippen LogP contribution in [0.15, 0.2) is 79.0 Å². The van der Waals surface area contributed by atoms with E-state index in [1.54, 1.807) is 28.7 Å². The molecule has 170 valence electrons. The zero-order chi connectivity index (χ0) is 23.3. The van der Waals surface area contributed by atoms with Crippen LogP contribution in [0.5, 0.6) is 5.75 Å². The van der Waals surface area contributed by atoms with E-state index in [2.05, 4.69) is 25.9 Å². The summed E-state index contributed by atoms with van der Waals surface area (Å²) in [6, 6.07) is 23.6. The first-order valence-electron chi connectivity index (χ1n) is 10.9. The van der Waals surface area contributed by atoms with Crippen molar-refractivity contribution in [2.45, 2.75) is 19.4 Å². The summed E-state index contributed by atoms with van der Waals surface area (Å²) in [7, 11) is 1.64. The van der Waals surface area contributed by atoms with Gasteiger partial charge < -0.3 is 10.1 Å². The molecule has 0 spiro atoms. The van der Waals surface area contributed by atoms with Crippen molar-refractivity contribution in [1.29, 1.82) is 0 Å². The lowest BCUT2D eigenvalue weighted by Crippen LogP contribution is -2.17. The second kappa shape index (κ2) is 9.53. The smallest absolute Gasteiger partial charge is 0.225 e. The number of methoxy groups -OCH3 is 1. The third kappa shape index (κ3) is 4.49. The van der Waals surface area contributed by atoms with E-state index < -0.39 is 0 Å². The predicted octanol–water partition coefficient (Wildman–Crippen LogP) is 3.64. The second-order valence-corrected chi connectivity index (χ2v) is 7.78. The van der Waals surface area contributed by atoms with E-state index in [9.17, 15) is 4.79 Å². The van der Waals surface area contributed by atoms with Crippen LogP contribution in [0.3, 0.4) is 0 Å². The standard InChI is InChI=1S/C25H23N7O2/c1-34-20-11-9-18(10-12-20)17-31-23(15-16-26-31)27-25(33)14-13-24-28-29-30-32(24)22-8-4-6-19-5-2-3-7-21(19)22/h2-12,15-16H,13-14,17H2,1H3,(H,27,33). The minimum absolute atomic E-state index is 0.135. The van der Waals surface area contributed by atoms with E-state index in [0.29, 0.717) is 24.6 Å². The molecule has 9 heteroatoms. The maximum Gasteiger partial charge on any atom is 0.225 e. The Balaban J connectivity index is 1.25. The predicted molar refractivity (Wildman–Crippen MR) is 128 cm³/mol. The summed E-state index contributed by atoms with van der Waals surface area (Å²) in [5, 5.41) is 21.6. The van der Waals surface area contributed by atoms with Gasteiger partial charge in [0.1, 0.15) is 11.6 Å². The summed E-state index contributed by atoms with van der Waals surface area (Å²) >= 11 is 0. The van der Waals surface area contributed by atoms with Crippen molar-refractivity contribution < 1.29 is 9.53 Å². The van der Waals surface area contributed by atoms with E-state index >= 15 is 0 Å². The largest absolute Gasteiger partial charge is 0.497 e. The Morgan fingerprint density at radius 2 is 1.82 bits per heavy atom. The van der Waals surface area contributed by atoms with Crippen LogP contribution in [-0.2, 0) is 17.8 Å².